The molecule has 1 unspecified atom stereocenters. The molecule has 2 heterocycles. The highest BCUT2D eigenvalue weighted by molar-refractivity contribution is 5.87. The Morgan fingerprint density at radius 2 is 1.90 bits per heavy atom. The van der Waals surface area contributed by atoms with E-state index in [1.807, 2.05) is 24.3 Å². The average molecular weight is 563 g/mol. The molecule has 3 N–H and O–H groups in total. The Kier molecular flexibility index (Phi) is 9.21. The minimum absolute atomic E-state index is 0.138. The molecule has 11 heteroatoms. The summed E-state index contributed by atoms with van der Waals surface area (Å²) < 4.78 is 18.0. The van der Waals surface area contributed by atoms with Gasteiger partial charge in [-0.2, -0.15) is 5.10 Å². The molecule has 0 fully saturated rings. The number of fused-ring (bicyclic) bond motifs is 1. The molecule has 0 aliphatic heterocycles. The minimum atomic E-state index is -1.13. The number of aliphatic hydroxyl groups is 2. The number of nitrogens with zero attached hydrogens (tertiary/aromatic N) is 3. The van der Waals surface area contributed by atoms with Gasteiger partial charge in [0.2, 0.25) is 0 Å². The van der Waals surface area contributed by atoms with E-state index in [9.17, 15) is 19.8 Å². The lowest BCUT2D eigenvalue weighted by Gasteiger charge is -2.19. The second-order valence-corrected chi connectivity index (χ2v) is 10.3. The molecule has 4 rings (SSSR count). The van der Waals surface area contributed by atoms with Gasteiger partial charge < -0.3 is 29.7 Å². The normalized spacial score (nSPS) is 12.1. The Bertz CT molecular complexity index is 1580. The van der Waals surface area contributed by atoms with Gasteiger partial charge in [0.25, 0.3) is 5.56 Å². The molecule has 4 aromatic rings. The summed E-state index contributed by atoms with van der Waals surface area (Å²) in [5.41, 5.74) is 2.36. The fourth-order valence-corrected chi connectivity index (χ4v) is 4.16. The molecule has 41 heavy (non-hydrogen) atoms. The van der Waals surface area contributed by atoms with Crippen molar-refractivity contribution >= 4 is 17.0 Å². The number of carbonyl (C=O) groups is 1. The number of rotatable bonds is 10. The van der Waals surface area contributed by atoms with E-state index in [0.717, 1.165) is 11.1 Å². The number of amides is 1. The van der Waals surface area contributed by atoms with Gasteiger partial charge in [0.1, 0.15) is 29.8 Å². The van der Waals surface area contributed by atoms with Gasteiger partial charge in [-0.15, -0.1) is 0 Å². The smallest absolute Gasteiger partial charge is 0.407 e. The number of hydrogen-bond acceptors (Lipinski definition) is 9. The van der Waals surface area contributed by atoms with Crippen LogP contribution in [0.3, 0.4) is 0 Å². The van der Waals surface area contributed by atoms with E-state index < -0.39 is 24.4 Å². The van der Waals surface area contributed by atoms with Crippen molar-refractivity contribution < 1.29 is 29.2 Å². The van der Waals surface area contributed by atoms with Crippen LogP contribution in [0.1, 0.15) is 38.0 Å². The van der Waals surface area contributed by atoms with Crippen molar-refractivity contribution in [2.75, 3.05) is 20.3 Å². The number of benzene rings is 2. The van der Waals surface area contributed by atoms with Crippen LogP contribution in [0.2, 0.25) is 0 Å². The van der Waals surface area contributed by atoms with Crippen molar-refractivity contribution in [2.45, 2.75) is 45.6 Å². The van der Waals surface area contributed by atoms with Crippen LogP contribution in [-0.2, 0) is 17.8 Å². The monoisotopic (exact) mass is 562 g/mol. The zero-order chi connectivity index (χ0) is 29.6. The number of carbonyl (C=O) groups excluding carboxylic acids is 1. The maximum atomic E-state index is 12.5. The van der Waals surface area contributed by atoms with Crippen molar-refractivity contribution in [3.8, 4) is 22.8 Å². The van der Waals surface area contributed by atoms with Crippen molar-refractivity contribution in [3.05, 3.63) is 82.3 Å². The third-order valence-corrected chi connectivity index (χ3v) is 6.07. The van der Waals surface area contributed by atoms with Crippen molar-refractivity contribution in [1.82, 2.24) is 20.1 Å². The molecule has 0 bridgehead atoms. The molecule has 0 spiro atoms. The quantitative estimate of drug-likeness (QED) is 0.264. The van der Waals surface area contributed by atoms with E-state index in [2.05, 4.69) is 15.4 Å². The zero-order valence-corrected chi connectivity index (χ0v) is 23.5. The maximum absolute atomic E-state index is 12.5. The molecular formula is C30H34N4O7. The molecule has 2 aromatic heterocycles. The molecule has 0 saturated carbocycles. The summed E-state index contributed by atoms with van der Waals surface area (Å²) in [4.78, 5) is 28.9. The van der Waals surface area contributed by atoms with Crippen molar-refractivity contribution in [3.63, 3.8) is 0 Å². The number of ether oxygens (including phenoxy) is 3. The summed E-state index contributed by atoms with van der Waals surface area (Å²) >= 11 is 0. The Balaban J connectivity index is 1.47. The van der Waals surface area contributed by atoms with Gasteiger partial charge in [-0.25, -0.2) is 9.48 Å². The largest absolute Gasteiger partial charge is 0.496 e. The van der Waals surface area contributed by atoms with Crippen LogP contribution in [0.5, 0.6) is 11.5 Å². The van der Waals surface area contributed by atoms with Crippen LogP contribution >= 0.6 is 0 Å². The highest BCUT2D eigenvalue weighted by Crippen LogP contribution is 2.33. The summed E-state index contributed by atoms with van der Waals surface area (Å²) in [6.45, 7) is 5.53. The summed E-state index contributed by atoms with van der Waals surface area (Å²) in [6, 6.07) is 15.6. The molecule has 0 aliphatic carbocycles. The van der Waals surface area contributed by atoms with Gasteiger partial charge in [-0.3, -0.25) is 9.78 Å². The van der Waals surface area contributed by atoms with Crippen LogP contribution in [0.4, 0.5) is 4.79 Å². The van der Waals surface area contributed by atoms with Gasteiger partial charge in [-0.1, -0.05) is 18.2 Å². The Morgan fingerprint density at radius 1 is 1.10 bits per heavy atom. The first-order valence-corrected chi connectivity index (χ1v) is 13.1. The van der Waals surface area contributed by atoms with Crippen LogP contribution in [0, 0.1) is 0 Å². The lowest BCUT2D eigenvalue weighted by Crippen LogP contribution is -2.32. The van der Waals surface area contributed by atoms with E-state index >= 15 is 0 Å². The van der Waals surface area contributed by atoms with Crippen LogP contribution < -0.4 is 20.3 Å². The third kappa shape index (κ3) is 7.59. The fourth-order valence-electron chi connectivity index (χ4n) is 4.16. The standard InChI is InChI=1S/C30H34N4O7/c1-30(2,3)41-29(38)32-17-19-6-5-7-20(14-19)23-8-9-28(37)34(33-23)12-13-40-26-10-11-31-24-16-27(39-4)22(15-21(24)26)25(36)18-35/h5-11,14-16,25,35-36H,12-13,17-18H2,1-4H3,(H,32,38). The van der Waals surface area contributed by atoms with Gasteiger partial charge >= 0.3 is 6.09 Å². The molecular weight excluding hydrogens is 528 g/mol. The molecule has 1 amide bonds. The molecule has 216 valence electrons. The van der Waals surface area contributed by atoms with Gasteiger partial charge in [0.15, 0.2) is 0 Å². The zero-order valence-electron chi connectivity index (χ0n) is 23.5. The SMILES string of the molecule is COc1cc2nccc(OCCn3nc(-c4cccc(CNC(=O)OC(C)(C)C)c4)ccc3=O)c2cc1C(O)CO. The van der Waals surface area contributed by atoms with E-state index in [-0.39, 0.29) is 25.3 Å². The first-order valence-electron chi connectivity index (χ1n) is 13.1. The van der Waals surface area contributed by atoms with Gasteiger partial charge in [0, 0.05) is 41.4 Å². The molecule has 0 saturated heterocycles. The highest BCUT2D eigenvalue weighted by Gasteiger charge is 2.17. The van der Waals surface area contributed by atoms with E-state index in [4.69, 9.17) is 14.2 Å². The highest BCUT2D eigenvalue weighted by atomic mass is 16.6. The predicted octanol–water partition coefficient (Wildman–Crippen LogP) is 3.60. The molecule has 11 nitrogen and oxygen atoms in total. The summed E-state index contributed by atoms with van der Waals surface area (Å²) in [5, 5.41) is 27.5. The lowest BCUT2D eigenvalue weighted by molar-refractivity contribution is 0.0523. The van der Waals surface area contributed by atoms with E-state index in [1.165, 1.54) is 17.9 Å². The summed E-state index contributed by atoms with van der Waals surface area (Å²) in [7, 11) is 1.48. The first kappa shape index (κ1) is 29.5. The number of alkyl carbamates (subject to hydrolysis) is 1. The van der Waals surface area contributed by atoms with Crippen molar-refractivity contribution in [1.29, 1.82) is 0 Å². The topological polar surface area (TPSA) is 145 Å². The van der Waals surface area contributed by atoms with E-state index in [0.29, 0.717) is 33.7 Å². The molecule has 1 atom stereocenters. The number of nitrogens with one attached hydrogen (secondary N) is 1. The average Bonchev–Trinajstić information content (AvgIpc) is 2.95. The number of aromatic nitrogens is 3. The number of pyridine rings is 1. The first-order chi connectivity index (χ1) is 19.6. The van der Waals surface area contributed by atoms with Crippen molar-refractivity contribution in [2.24, 2.45) is 0 Å². The second-order valence-electron chi connectivity index (χ2n) is 10.3. The predicted molar refractivity (Wildman–Crippen MR) is 153 cm³/mol. The molecule has 0 radical (unpaired) electrons. The fraction of sp³-hybridized carbons (Fsp3) is 0.333. The Morgan fingerprint density at radius 3 is 2.63 bits per heavy atom. The molecule has 0 aliphatic rings. The van der Waals surface area contributed by atoms with E-state index in [1.54, 1.807) is 51.2 Å². The van der Waals surface area contributed by atoms with Crippen LogP contribution in [0.25, 0.3) is 22.2 Å². The lowest BCUT2D eigenvalue weighted by atomic mass is 10.0. The van der Waals surface area contributed by atoms with Gasteiger partial charge in [0.05, 0.1) is 31.5 Å². The summed E-state index contributed by atoms with van der Waals surface area (Å²) in [6.07, 6.45) is -0.0365. The maximum Gasteiger partial charge on any atom is 0.407 e. The number of methoxy groups -OCH3 is 1. The summed E-state index contributed by atoms with van der Waals surface area (Å²) in [5.74, 6) is 0.902. The number of aliphatic hydroxyl groups excluding tert-OH is 2. The Labute approximate surface area is 237 Å². The van der Waals surface area contributed by atoms with Crippen LogP contribution in [0.15, 0.2) is 65.6 Å². The minimum Gasteiger partial charge on any atom is -0.496 e. The number of hydrogen-bond donors (Lipinski definition) is 3. The van der Waals surface area contributed by atoms with Gasteiger partial charge in [-0.05, 0) is 50.6 Å². The second kappa shape index (κ2) is 12.8. The van der Waals surface area contributed by atoms with Crippen LogP contribution in [-0.4, -0.2) is 57.0 Å². The third-order valence-electron chi connectivity index (χ3n) is 6.07. The Hall–Kier alpha value is -4.48. The molecule has 2 aromatic carbocycles.